The van der Waals surface area contributed by atoms with E-state index in [0.29, 0.717) is 16.7 Å². The Morgan fingerprint density at radius 3 is 2.77 bits per heavy atom. The molecule has 158 valence electrons. The summed E-state index contributed by atoms with van der Waals surface area (Å²) in [6.45, 7) is 3.34. The topological polar surface area (TPSA) is 75.9 Å². The minimum Gasteiger partial charge on any atom is -0.496 e. The van der Waals surface area contributed by atoms with E-state index in [2.05, 4.69) is 11.0 Å². The van der Waals surface area contributed by atoms with Crippen molar-refractivity contribution in [1.82, 2.24) is 9.80 Å². The van der Waals surface area contributed by atoms with Crippen molar-refractivity contribution in [2.45, 2.75) is 13.0 Å². The third-order valence-corrected chi connectivity index (χ3v) is 6.59. The number of hydrogen-bond acceptors (Lipinski definition) is 4. The molecule has 0 aliphatic carbocycles. The van der Waals surface area contributed by atoms with Gasteiger partial charge in [-0.1, -0.05) is 23.7 Å². The molecule has 30 heavy (non-hydrogen) atoms. The summed E-state index contributed by atoms with van der Waals surface area (Å²) in [5, 5.41) is 0.329. The molecule has 2 N–H and O–H groups in total. The van der Waals surface area contributed by atoms with Crippen LogP contribution in [0.15, 0.2) is 36.4 Å². The Kier molecular flexibility index (Phi) is 5.71. The molecular weight excluding hydrogens is 402 g/mol. The summed E-state index contributed by atoms with van der Waals surface area (Å²) >= 11 is 6.11. The summed E-state index contributed by atoms with van der Waals surface area (Å²) in [5.41, 5.74) is 8.56. The molecule has 2 saturated heterocycles. The summed E-state index contributed by atoms with van der Waals surface area (Å²) in [4.78, 5) is 28.4. The number of primary amides is 1. The normalized spacial score (nSPS) is 21.6. The van der Waals surface area contributed by atoms with Gasteiger partial charge in [0.25, 0.3) is 0 Å². The minimum atomic E-state index is -0.564. The largest absolute Gasteiger partial charge is 0.496 e. The predicted molar refractivity (Wildman–Crippen MR) is 116 cm³/mol. The number of benzene rings is 2. The van der Waals surface area contributed by atoms with Gasteiger partial charge in [-0.25, -0.2) is 0 Å². The van der Waals surface area contributed by atoms with Crippen LogP contribution in [0, 0.1) is 11.8 Å². The van der Waals surface area contributed by atoms with Gasteiger partial charge in [0, 0.05) is 38.8 Å². The van der Waals surface area contributed by atoms with Crippen LogP contribution in [-0.4, -0.2) is 55.4 Å². The van der Waals surface area contributed by atoms with Crippen molar-refractivity contribution in [3.05, 3.63) is 52.5 Å². The van der Waals surface area contributed by atoms with Crippen LogP contribution in [0.4, 0.5) is 0 Å². The number of nitrogens with zero attached hydrogens (tertiary/aromatic N) is 2. The molecule has 2 aliphatic rings. The van der Waals surface area contributed by atoms with Gasteiger partial charge in [-0.05, 0) is 47.7 Å². The number of piperidine rings is 1. The number of ether oxygens (including phenoxy) is 1. The number of halogens is 1. The van der Waals surface area contributed by atoms with Crippen LogP contribution >= 0.6 is 11.6 Å². The van der Waals surface area contributed by atoms with E-state index >= 15 is 0 Å². The number of amides is 2. The van der Waals surface area contributed by atoms with Crippen molar-refractivity contribution in [3.63, 3.8) is 0 Å². The van der Waals surface area contributed by atoms with Gasteiger partial charge in [-0.15, -0.1) is 0 Å². The van der Waals surface area contributed by atoms with Gasteiger partial charge in [-0.2, -0.15) is 0 Å². The summed E-state index contributed by atoms with van der Waals surface area (Å²) in [6, 6.07) is 11.3. The van der Waals surface area contributed by atoms with E-state index in [1.807, 2.05) is 30.1 Å². The average molecular weight is 428 g/mol. The van der Waals surface area contributed by atoms with Gasteiger partial charge < -0.3 is 15.4 Å². The van der Waals surface area contributed by atoms with Crippen molar-refractivity contribution in [3.8, 4) is 16.9 Å². The van der Waals surface area contributed by atoms with E-state index in [4.69, 9.17) is 22.1 Å². The second-order valence-corrected chi connectivity index (χ2v) is 8.61. The summed E-state index contributed by atoms with van der Waals surface area (Å²) in [6.07, 6.45) is 1.07. The number of fused-ring (bicyclic) bond motifs is 1. The van der Waals surface area contributed by atoms with Crippen LogP contribution in [0.25, 0.3) is 11.1 Å². The lowest BCUT2D eigenvalue weighted by atomic mass is 9.88. The Balaban J connectivity index is 1.59. The Labute approximate surface area is 181 Å². The highest BCUT2D eigenvalue weighted by atomic mass is 35.5. The molecule has 6 nitrogen and oxygen atoms in total. The fourth-order valence-electron chi connectivity index (χ4n) is 4.63. The second kappa shape index (κ2) is 8.28. The molecule has 2 amide bonds. The van der Waals surface area contributed by atoms with Crippen LogP contribution in [0.1, 0.15) is 22.3 Å². The molecule has 2 atom stereocenters. The van der Waals surface area contributed by atoms with Crippen LogP contribution < -0.4 is 10.5 Å². The zero-order valence-electron chi connectivity index (χ0n) is 17.2. The molecule has 0 aromatic heterocycles. The van der Waals surface area contributed by atoms with E-state index in [1.165, 1.54) is 0 Å². The standard InChI is InChI=1S/C23H26ClN3O3/c1-26-8-7-16-12-27(13-19(16)23(26)29)11-14-3-6-21(30-2)17(9-14)15-4-5-20(24)18(10-15)22(25)28/h3-6,9-10,16,19H,7-8,11-13H2,1-2H3,(H2,25,28)/t16-,19+/m1/s1. The number of rotatable bonds is 5. The van der Waals surface area contributed by atoms with Gasteiger partial charge in [0.05, 0.1) is 23.6 Å². The first kappa shape index (κ1) is 20.7. The molecule has 4 rings (SSSR count). The molecule has 0 saturated carbocycles. The maximum atomic E-state index is 12.5. The van der Waals surface area contributed by atoms with E-state index in [1.54, 1.807) is 19.2 Å². The molecule has 0 radical (unpaired) electrons. The Hall–Kier alpha value is -2.57. The van der Waals surface area contributed by atoms with Gasteiger partial charge >= 0.3 is 0 Å². The highest BCUT2D eigenvalue weighted by molar-refractivity contribution is 6.33. The molecule has 0 unspecified atom stereocenters. The summed E-state index contributed by atoms with van der Waals surface area (Å²) in [7, 11) is 3.51. The number of carbonyl (C=O) groups excluding carboxylic acids is 2. The van der Waals surface area contributed by atoms with Crippen molar-refractivity contribution < 1.29 is 14.3 Å². The highest BCUT2D eigenvalue weighted by Crippen LogP contribution is 2.35. The molecule has 2 fully saturated rings. The lowest BCUT2D eigenvalue weighted by molar-refractivity contribution is -0.137. The minimum absolute atomic E-state index is 0.107. The zero-order chi connectivity index (χ0) is 21.4. The fourth-order valence-corrected chi connectivity index (χ4v) is 4.84. The van der Waals surface area contributed by atoms with Crippen molar-refractivity contribution >= 4 is 23.4 Å². The fraction of sp³-hybridized carbons (Fsp3) is 0.391. The Morgan fingerprint density at radius 2 is 2.03 bits per heavy atom. The number of likely N-dealkylation sites (tertiary alicyclic amines) is 2. The SMILES string of the molecule is COc1ccc(CN2C[C@H]3CCN(C)C(=O)[C@H]3C2)cc1-c1ccc(Cl)c(C(N)=O)c1. The van der Waals surface area contributed by atoms with Gasteiger partial charge in [-0.3, -0.25) is 14.5 Å². The van der Waals surface area contributed by atoms with Crippen LogP contribution in [0.2, 0.25) is 5.02 Å². The molecule has 2 aromatic rings. The monoisotopic (exact) mass is 427 g/mol. The zero-order valence-corrected chi connectivity index (χ0v) is 18.0. The summed E-state index contributed by atoms with van der Waals surface area (Å²) in [5.74, 6) is 0.968. The van der Waals surface area contributed by atoms with Gasteiger partial charge in [0.15, 0.2) is 0 Å². The molecule has 2 aliphatic heterocycles. The number of nitrogens with two attached hydrogens (primary N) is 1. The molecule has 0 bridgehead atoms. The lowest BCUT2D eigenvalue weighted by Crippen LogP contribution is -2.42. The van der Waals surface area contributed by atoms with E-state index in [-0.39, 0.29) is 17.4 Å². The second-order valence-electron chi connectivity index (χ2n) is 8.20. The Morgan fingerprint density at radius 1 is 1.23 bits per heavy atom. The van der Waals surface area contributed by atoms with Crippen molar-refractivity contribution in [1.29, 1.82) is 0 Å². The molecule has 7 heteroatoms. The maximum Gasteiger partial charge on any atom is 0.250 e. The highest BCUT2D eigenvalue weighted by Gasteiger charge is 2.41. The van der Waals surface area contributed by atoms with E-state index < -0.39 is 5.91 Å². The molecule has 2 heterocycles. The first-order valence-corrected chi connectivity index (χ1v) is 10.5. The quantitative estimate of drug-likeness (QED) is 0.795. The molecular formula is C23H26ClN3O3. The van der Waals surface area contributed by atoms with E-state index in [9.17, 15) is 9.59 Å². The third kappa shape index (κ3) is 3.89. The van der Waals surface area contributed by atoms with Gasteiger partial charge in [0.1, 0.15) is 5.75 Å². The third-order valence-electron chi connectivity index (χ3n) is 6.26. The van der Waals surface area contributed by atoms with Crippen molar-refractivity contribution in [2.24, 2.45) is 17.6 Å². The maximum absolute atomic E-state index is 12.5. The number of carbonyl (C=O) groups is 2. The number of hydrogen-bond donors (Lipinski definition) is 1. The van der Waals surface area contributed by atoms with Crippen molar-refractivity contribution in [2.75, 3.05) is 33.8 Å². The molecule has 2 aromatic carbocycles. The van der Waals surface area contributed by atoms with Gasteiger partial charge in [0.2, 0.25) is 11.8 Å². The summed E-state index contributed by atoms with van der Waals surface area (Å²) < 4.78 is 5.55. The number of methoxy groups -OCH3 is 1. The predicted octanol–water partition coefficient (Wildman–Crippen LogP) is 3.02. The first-order valence-electron chi connectivity index (χ1n) is 10.1. The van der Waals surface area contributed by atoms with Crippen LogP contribution in [-0.2, 0) is 11.3 Å². The lowest BCUT2D eigenvalue weighted by Gasteiger charge is -2.30. The molecule has 0 spiro atoms. The smallest absolute Gasteiger partial charge is 0.250 e. The average Bonchev–Trinajstić information content (AvgIpc) is 3.14. The first-order chi connectivity index (χ1) is 14.4. The van der Waals surface area contributed by atoms with E-state index in [0.717, 1.165) is 49.3 Å². The van der Waals surface area contributed by atoms with Crippen LogP contribution in [0.3, 0.4) is 0 Å². The Bertz CT molecular complexity index is 994. The van der Waals surface area contributed by atoms with Crippen LogP contribution in [0.5, 0.6) is 5.75 Å².